The zero-order chi connectivity index (χ0) is 12.8. The van der Waals surface area contributed by atoms with Crippen LogP contribution in [-0.2, 0) is 4.79 Å². The maximum atomic E-state index is 11.6. The first-order valence-electron chi connectivity index (χ1n) is 5.76. The average Bonchev–Trinajstić information content (AvgIpc) is 2.28. The van der Waals surface area contributed by atoms with Gasteiger partial charge in [0.15, 0.2) is 5.78 Å². The molecule has 2 heteroatoms. The third-order valence-corrected chi connectivity index (χ3v) is 2.60. The summed E-state index contributed by atoms with van der Waals surface area (Å²) in [4.78, 5) is 22.2. The van der Waals surface area contributed by atoms with Crippen molar-refractivity contribution in [2.75, 3.05) is 0 Å². The van der Waals surface area contributed by atoms with Gasteiger partial charge in [0.1, 0.15) is 6.29 Å². The molecule has 0 spiro atoms. The first-order valence-corrected chi connectivity index (χ1v) is 5.76. The Morgan fingerprint density at radius 1 is 1.24 bits per heavy atom. The first kappa shape index (κ1) is 13.4. The van der Waals surface area contributed by atoms with Crippen molar-refractivity contribution in [3.8, 4) is 0 Å². The first-order chi connectivity index (χ1) is 8.02. The standard InChI is InChI=1S/C15H18O2/c1-11(2)8-15(17)9-12(3)14-6-4-13(10-16)5-7-14/h4-8,10,12H,9H2,1-3H3. The van der Waals surface area contributed by atoms with E-state index in [2.05, 4.69) is 0 Å². The Labute approximate surface area is 102 Å². The number of benzene rings is 1. The molecule has 0 aliphatic rings. The van der Waals surface area contributed by atoms with E-state index in [-0.39, 0.29) is 11.7 Å². The van der Waals surface area contributed by atoms with Crippen molar-refractivity contribution in [3.05, 3.63) is 47.0 Å². The third kappa shape index (κ3) is 4.35. The summed E-state index contributed by atoms with van der Waals surface area (Å²) in [6.07, 6.45) is 3.00. The van der Waals surface area contributed by atoms with Crippen molar-refractivity contribution in [3.63, 3.8) is 0 Å². The highest BCUT2D eigenvalue weighted by Crippen LogP contribution is 2.19. The van der Waals surface area contributed by atoms with Gasteiger partial charge in [-0.25, -0.2) is 0 Å². The number of carbonyl (C=O) groups excluding carboxylic acids is 2. The Balaban J connectivity index is 2.69. The summed E-state index contributed by atoms with van der Waals surface area (Å²) in [6, 6.07) is 7.38. The molecule has 1 aromatic rings. The molecule has 1 aromatic carbocycles. The van der Waals surface area contributed by atoms with E-state index in [9.17, 15) is 9.59 Å². The van der Waals surface area contributed by atoms with Crippen LogP contribution in [0.3, 0.4) is 0 Å². The van der Waals surface area contributed by atoms with Gasteiger partial charge in [0.25, 0.3) is 0 Å². The number of carbonyl (C=O) groups is 2. The Bertz CT molecular complexity index is 423. The smallest absolute Gasteiger partial charge is 0.156 e. The highest BCUT2D eigenvalue weighted by Gasteiger charge is 2.09. The van der Waals surface area contributed by atoms with Gasteiger partial charge in [-0.1, -0.05) is 36.8 Å². The van der Waals surface area contributed by atoms with E-state index >= 15 is 0 Å². The van der Waals surface area contributed by atoms with E-state index < -0.39 is 0 Å². The minimum absolute atomic E-state index is 0.150. The molecule has 0 aliphatic heterocycles. The Morgan fingerprint density at radius 2 is 1.82 bits per heavy atom. The van der Waals surface area contributed by atoms with E-state index in [1.165, 1.54) is 0 Å². The molecule has 0 fully saturated rings. The van der Waals surface area contributed by atoms with Gasteiger partial charge in [0, 0.05) is 12.0 Å². The molecule has 0 heterocycles. The van der Waals surface area contributed by atoms with Crippen molar-refractivity contribution in [1.29, 1.82) is 0 Å². The fourth-order valence-corrected chi connectivity index (χ4v) is 1.70. The zero-order valence-corrected chi connectivity index (χ0v) is 10.6. The molecule has 17 heavy (non-hydrogen) atoms. The number of hydrogen-bond donors (Lipinski definition) is 0. The van der Waals surface area contributed by atoms with Crippen LogP contribution >= 0.6 is 0 Å². The number of hydrogen-bond acceptors (Lipinski definition) is 2. The lowest BCUT2D eigenvalue weighted by Crippen LogP contribution is -2.02. The van der Waals surface area contributed by atoms with Crippen molar-refractivity contribution in [1.82, 2.24) is 0 Å². The molecule has 0 saturated heterocycles. The number of rotatable bonds is 5. The summed E-state index contributed by atoms with van der Waals surface area (Å²) >= 11 is 0. The van der Waals surface area contributed by atoms with Crippen LogP contribution in [-0.4, -0.2) is 12.1 Å². The van der Waals surface area contributed by atoms with Crippen LogP contribution in [0.2, 0.25) is 0 Å². The summed E-state index contributed by atoms with van der Waals surface area (Å²) in [5.74, 6) is 0.329. The average molecular weight is 230 g/mol. The lowest BCUT2D eigenvalue weighted by Gasteiger charge is -2.10. The minimum atomic E-state index is 0.150. The highest BCUT2D eigenvalue weighted by molar-refractivity contribution is 5.90. The van der Waals surface area contributed by atoms with E-state index in [0.29, 0.717) is 12.0 Å². The molecule has 0 amide bonds. The second kappa shape index (κ2) is 6.14. The highest BCUT2D eigenvalue weighted by atomic mass is 16.1. The number of aldehydes is 1. The summed E-state index contributed by atoms with van der Waals surface area (Å²) in [5.41, 5.74) is 2.78. The van der Waals surface area contributed by atoms with E-state index in [4.69, 9.17) is 0 Å². The zero-order valence-electron chi connectivity index (χ0n) is 10.6. The molecule has 1 rings (SSSR count). The van der Waals surface area contributed by atoms with E-state index in [0.717, 1.165) is 17.4 Å². The number of allylic oxidation sites excluding steroid dienone is 2. The van der Waals surface area contributed by atoms with Crippen LogP contribution in [0.5, 0.6) is 0 Å². The topological polar surface area (TPSA) is 34.1 Å². The lowest BCUT2D eigenvalue weighted by molar-refractivity contribution is -0.114. The lowest BCUT2D eigenvalue weighted by atomic mass is 9.94. The fourth-order valence-electron chi connectivity index (χ4n) is 1.70. The normalized spacial score (nSPS) is 11.7. The quantitative estimate of drug-likeness (QED) is 0.573. The van der Waals surface area contributed by atoms with Crippen molar-refractivity contribution < 1.29 is 9.59 Å². The van der Waals surface area contributed by atoms with Gasteiger partial charge in [0.2, 0.25) is 0 Å². The molecule has 0 radical (unpaired) electrons. The second-order valence-corrected chi connectivity index (χ2v) is 4.58. The minimum Gasteiger partial charge on any atom is -0.298 e. The fraction of sp³-hybridized carbons (Fsp3) is 0.333. The Kier molecular flexibility index (Phi) is 4.83. The van der Waals surface area contributed by atoms with Gasteiger partial charge in [-0.2, -0.15) is 0 Å². The van der Waals surface area contributed by atoms with Gasteiger partial charge in [-0.05, 0) is 31.4 Å². The molecule has 1 unspecified atom stereocenters. The second-order valence-electron chi connectivity index (χ2n) is 4.58. The van der Waals surface area contributed by atoms with Crippen molar-refractivity contribution in [2.45, 2.75) is 33.1 Å². The van der Waals surface area contributed by atoms with Gasteiger partial charge >= 0.3 is 0 Å². The maximum absolute atomic E-state index is 11.6. The molecular weight excluding hydrogens is 212 g/mol. The molecule has 2 nitrogen and oxygen atoms in total. The van der Waals surface area contributed by atoms with E-state index in [1.807, 2.05) is 32.9 Å². The molecule has 90 valence electrons. The van der Waals surface area contributed by atoms with E-state index in [1.54, 1.807) is 18.2 Å². The van der Waals surface area contributed by atoms with Crippen LogP contribution in [0.25, 0.3) is 0 Å². The molecule has 1 atom stereocenters. The predicted molar refractivity (Wildman–Crippen MR) is 69.3 cm³/mol. The van der Waals surface area contributed by atoms with Gasteiger partial charge < -0.3 is 0 Å². The molecule has 0 bridgehead atoms. The van der Waals surface area contributed by atoms with Crippen LogP contribution < -0.4 is 0 Å². The predicted octanol–water partition coefficient (Wildman–Crippen LogP) is 3.53. The monoisotopic (exact) mass is 230 g/mol. The largest absolute Gasteiger partial charge is 0.298 e. The molecule has 0 saturated carbocycles. The molecular formula is C15H18O2. The Morgan fingerprint density at radius 3 is 2.29 bits per heavy atom. The van der Waals surface area contributed by atoms with Crippen LogP contribution in [0, 0.1) is 0 Å². The number of ketones is 1. The Hall–Kier alpha value is -1.70. The van der Waals surface area contributed by atoms with Crippen LogP contribution in [0.1, 0.15) is 49.0 Å². The van der Waals surface area contributed by atoms with Gasteiger partial charge in [-0.3, -0.25) is 9.59 Å². The van der Waals surface area contributed by atoms with Crippen molar-refractivity contribution in [2.24, 2.45) is 0 Å². The van der Waals surface area contributed by atoms with Gasteiger partial charge in [0.05, 0.1) is 0 Å². The molecule has 0 N–H and O–H groups in total. The summed E-state index contributed by atoms with van der Waals surface area (Å²) in [7, 11) is 0. The summed E-state index contributed by atoms with van der Waals surface area (Å²) < 4.78 is 0. The third-order valence-electron chi connectivity index (χ3n) is 2.60. The molecule has 0 aromatic heterocycles. The van der Waals surface area contributed by atoms with Crippen molar-refractivity contribution >= 4 is 12.1 Å². The summed E-state index contributed by atoms with van der Waals surface area (Å²) in [5, 5.41) is 0. The van der Waals surface area contributed by atoms with Gasteiger partial charge in [-0.15, -0.1) is 0 Å². The van der Waals surface area contributed by atoms with Crippen LogP contribution in [0.15, 0.2) is 35.9 Å². The SMILES string of the molecule is CC(C)=CC(=O)CC(C)c1ccc(C=O)cc1. The summed E-state index contributed by atoms with van der Waals surface area (Å²) in [6.45, 7) is 5.86. The maximum Gasteiger partial charge on any atom is 0.156 e. The van der Waals surface area contributed by atoms with Crippen LogP contribution in [0.4, 0.5) is 0 Å². The molecule has 0 aliphatic carbocycles.